The molecule has 0 aliphatic heterocycles. The van der Waals surface area contributed by atoms with Gasteiger partial charge in [-0.05, 0) is 30.5 Å². The van der Waals surface area contributed by atoms with Gasteiger partial charge in [0.05, 0.1) is 5.56 Å². The Morgan fingerprint density at radius 1 is 1.21 bits per heavy atom. The fourth-order valence-electron chi connectivity index (χ4n) is 3.04. The van der Waals surface area contributed by atoms with Gasteiger partial charge in [-0.1, -0.05) is 43.2 Å². The molecule has 0 saturated heterocycles. The van der Waals surface area contributed by atoms with Gasteiger partial charge in [0.1, 0.15) is 12.7 Å². The lowest BCUT2D eigenvalue weighted by molar-refractivity contribution is 0.144. The number of anilines is 1. The minimum Gasteiger partial charge on any atom is -0.444 e. The van der Waals surface area contributed by atoms with Crippen molar-refractivity contribution in [3.05, 3.63) is 59.8 Å². The molecule has 0 bridgehead atoms. The van der Waals surface area contributed by atoms with Crippen molar-refractivity contribution in [2.75, 3.05) is 4.90 Å². The summed E-state index contributed by atoms with van der Waals surface area (Å²) in [6, 6.07) is 15.1. The van der Waals surface area contributed by atoms with Crippen LogP contribution in [0.2, 0.25) is 0 Å². The fourth-order valence-corrected chi connectivity index (χ4v) is 3.04. The van der Waals surface area contributed by atoms with Gasteiger partial charge < -0.3 is 4.74 Å². The van der Waals surface area contributed by atoms with Crippen LogP contribution >= 0.6 is 0 Å². The van der Waals surface area contributed by atoms with Gasteiger partial charge in [-0.25, -0.2) is 9.78 Å². The zero-order valence-corrected chi connectivity index (χ0v) is 13.4. The van der Waals surface area contributed by atoms with Gasteiger partial charge in [-0.2, -0.15) is 5.26 Å². The third-order valence-corrected chi connectivity index (χ3v) is 4.23. The maximum atomic E-state index is 12.7. The van der Waals surface area contributed by atoms with Crippen molar-refractivity contribution in [3.8, 4) is 6.07 Å². The summed E-state index contributed by atoms with van der Waals surface area (Å²) in [5.41, 5.74) is 1.32. The SMILES string of the molecule is N#Cc1cccnc1N(C(=O)OCc1ccccc1)C1CCCC1. The number of amides is 1. The van der Waals surface area contributed by atoms with E-state index in [1.165, 1.54) is 0 Å². The van der Waals surface area contributed by atoms with Gasteiger partial charge >= 0.3 is 6.09 Å². The highest BCUT2D eigenvalue weighted by molar-refractivity contribution is 5.88. The zero-order chi connectivity index (χ0) is 16.8. The molecule has 5 nitrogen and oxygen atoms in total. The monoisotopic (exact) mass is 321 g/mol. The second kappa shape index (κ2) is 7.60. The molecule has 1 amide bonds. The van der Waals surface area contributed by atoms with Crippen molar-refractivity contribution in [1.82, 2.24) is 4.98 Å². The van der Waals surface area contributed by atoms with Gasteiger partial charge in [0.25, 0.3) is 0 Å². The summed E-state index contributed by atoms with van der Waals surface area (Å²) in [5, 5.41) is 9.33. The van der Waals surface area contributed by atoms with E-state index in [2.05, 4.69) is 11.1 Å². The molecule has 2 aromatic rings. The number of nitriles is 1. The van der Waals surface area contributed by atoms with Crippen molar-refractivity contribution < 1.29 is 9.53 Å². The molecule has 1 saturated carbocycles. The van der Waals surface area contributed by atoms with Crippen LogP contribution in [0.15, 0.2) is 48.7 Å². The third-order valence-electron chi connectivity index (χ3n) is 4.23. The molecule has 3 rings (SSSR count). The summed E-state index contributed by atoms with van der Waals surface area (Å²) in [7, 11) is 0. The van der Waals surface area contributed by atoms with E-state index in [0.29, 0.717) is 11.4 Å². The lowest BCUT2D eigenvalue weighted by Gasteiger charge is -2.27. The number of carbonyl (C=O) groups is 1. The molecule has 1 aliphatic carbocycles. The molecule has 0 unspecified atom stereocenters. The lowest BCUT2D eigenvalue weighted by atomic mass is 10.2. The smallest absolute Gasteiger partial charge is 0.416 e. The van der Waals surface area contributed by atoms with Crippen LogP contribution in [0.25, 0.3) is 0 Å². The van der Waals surface area contributed by atoms with E-state index in [1.807, 2.05) is 30.3 Å². The quantitative estimate of drug-likeness (QED) is 0.852. The number of ether oxygens (including phenoxy) is 1. The van der Waals surface area contributed by atoms with E-state index in [9.17, 15) is 10.1 Å². The largest absolute Gasteiger partial charge is 0.444 e. The van der Waals surface area contributed by atoms with Gasteiger partial charge in [-0.15, -0.1) is 0 Å². The van der Waals surface area contributed by atoms with Crippen LogP contribution in [0.3, 0.4) is 0 Å². The van der Waals surface area contributed by atoms with Gasteiger partial charge in [0.2, 0.25) is 0 Å². The van der Waals surface area contributed by atoms with E-state index in [0.717, 1.165) is 31.2 Å². The average molecular weight is 321 g/mol. The number of aromatic nitrogens is 1. The minimum atomic E-state index is -0.444. The molecule has 0 atom stereocenters. The fraction of sp³-hybridized carbons (Fsp3) is 0.316. The summed E-state index contributed by atoms with van der Waals surface area (Å²) in [4.78, 5) is 18.6. The normalized spacial score (nSPS) is 14.1. The van der Waals surface area contributed by atoms with E-state index < -0.39 is 6.09 Å². The maximum absolute atomic E-state index is 12.7. The Hall–Kier alpha value is -2.87. The zero-order valence-electron chi connectivity index (χ0n) is 13.4. The predicted octanol–water partition coefficient (Wildman–Crippen LogP) is 4.04. The molecule has 0 spiro atoms. The number of hydrogen-bond donors (Lipinski definition) is 0. The first-order chi connectivity index (χ1) is 11.8. The lowest BCUT2D eigenvalue weighted by Crippen LogP contribution is -2.40. The van der Waals surface area contributed by atoms with E-state index in [-0.39, 0.29) is 12.6 Å². The summed E-state index contributed by atoms with van der Waals surface area (Å²) in [6.07, 6.45) is 5.11. The summed E-state index contributed by atoms with van der Waals surface area (Å²) in [6.45, 7) is 0.206. The first-order valence-corrected chi connectivity index (χ1v) is 8.14. The Kier molecular flexibility index (Phi) is 5.07. The van der Waals surface area contributed by atoms with Crippen molar-refractivity contribution in [3.63, 3.8) is 0 Å². The van der Waals surface area contributed by atoms with Crippen molar-refractivity contribution >= 4 is 11.9 Å². The molecule has 1 aliphatic rings. The molecule has 1 heterocycles. The van der Waals surface area contributed by atoms with E-state index in [1.54, 1.807) is 23.2 Å². The highest BCUT2D eigenvalue weighted by Crippen LogP contribution is 2.29. The van der Waals surface area contributed by atoms with E-state index >= 15 is 0 Å². The van der Waals surface area contributed by atoms with Crippen LogP contribution in [-0.4, -0.2) is 17.1 Å². The number of nitrogens with zero attached hydrogens (tertiary/aromatic N) is 3. The highest BCUT2D eigenvalue weighted by Gasteiger charge is 2.31. The van der Waals surface area contributed by atoms with Crippen LogP contribution in [0.1, 0.15) is 36.8 Å². The third kappa shape index (κ3) is 3.54. The average Bonchev–Trinajstić information content (AvgIpc) is 3.16. The Morgan fingerprint density at radius 3 is 2.67 bits per heavy atom. The first kappa shape index (κ1) is 16.0. The van der Waals surface area contributed by atoms with Crippen LogP contribution in [-0.2, 0) is 11.3 Å². The van der Waals surface area contributed by atoms with Crippen LogP contribution in [0.5, 0.6) is 0 Å². The molecule has 1 aromatic heterocycles. The second-order valence-corrected chi connectivity index (χ2v) is 5.83. The summed E-state index contributed by atoms with van der Waals surface area (Å²) >= 11 is 0. The van der Waals surface area contributed by atoms with E-state index in [4.69, 9.17) is 4.74 Å². The highest BCUT2D eigenvalue weighted by atomic mass is 16.6. The van der Waals surface area contributed by atoms with Crippen molar-refractivity contribution in [1.29, 1.82) is 5.26 Å². The Balaban J connectivity index is 1.82. The van der Waals surface area contributed by atoms with Crippen molar-refractivity contribution in [2.45, 2.75) is 38.3 Å². The number of rotatable bonds is 4. The number of carbonyl (C=O) groups excluding carboxylic acids is 1. The van der Waals surface area contributed by atoms with Crippen molar-refractivity contribution in [2.24, 2.45) is 0 Å². The molecule has 0 radical (unpaired) electrons. The second-order valence-electron chi connectivity index (χ2n) is 5.83. The molecule has 122 valence electrons. The summed E-state index contributed by atoms with van der Waals surface area (Å²) in [5.74, 6) is 0.393. The molecular formula is C19H19N3O2. The number of pyridine rings is 1. The maximum Gasteiger partial charge on any atom is 0.416 e. The predicted molar refractivity (Wildman–Crippen MR) is 90.3 cm³/mol. The van der Waals surface area contributed by atoms with Crippen LogP contribution in [0, 0.1) is 11.3 Å². The van der Waals surface area contributed by atoms with Crippen LogP contribution in [0.4, 0.5) is 10.6 Å². The van der Waals surface area contributed by atoms with Gasteiger partial charge in [0, 0.05) is 12.2 Å². The Morgan fingerprint density at radius 2 is 1.96 bits per heavy atom. The number of hydrogen-bond acceptors (Lipinski definition) is 4. The topological polar surface area (TPSA) is 66.2 Å². The molecule has 24 heavy (non-hydrogen) atoms. The molecule has 1 fully saturated rings. The Bertz CT molecular complexity index is 734. The van der Waals surface area contributed by atoms with Gasteiger partial charge in [-0.3, -0.25) is 4.90 Å². The molecular weight excluding hydrogens is 302 g/mol. The molecule has 5 heteroatoms. The first-order valence-electron chi connectivity index (χ1n) is 8.14. The summed E-state index contributed by atoms with van der Waals surface area (Å²) < 4.78 is 5.49. The number of benzene rings is 1. The minimum absolute atomic E-state index is 0.0373. The van der Waals surface area contributed by atoms with Gasteiger partial charge in [0.15, 0.2) is 5.82 Å². The molecule has 0 N–H and O–H groups in total. The van der Waals surface area contributed by atoms with Crippen LogP contribution < -0.4 is 4.90 Å². The standard InChI is InChI=1S/C19H19N3O2/c20-13-16-9-6-12-21-18(16)22(17-10-4-5-11-17)19(23)24-14-15-7-2-1-3-8-15/h1-3,6-9,12,17H,4-5,10-11,14H2. The molecule has 1 aromatic carbocycles. The Labute approximate surface area is 141 Å².